The molecule has 0 unspecified atom stereocenters. The lowest BCUT2D eigenvalue weighted by atomic mass is 9.90. The zero-order valence-electron chi connectivity index (χ0n) is 12.7. The average molecular weight is 315 g/mol. The Morgan fingerprint density at radius 1 is 1.23 bits per heavy atom. The molecule has 0 amide bonds. The molecule has 0 atom stereocenters. The van der Waals surface area contributed by atoms with Gasteiger partial charge in [-0.25, -0.2) is 0 Å². The fourth-order valence-corrected chi connectivity index (χ4v) is 4.45. The normalized spacial score (nSPS) is 19.4. The van der Waals surface area contributed by atoms with Crippen molar-refractivity contribution in [3.05, 3.63) is 29.5 Å². The van der Waals surface area contributed by atoms with E-state index in [1.165, 1.54) is 49.4 Å². The molecule has 2 aromatic rings. The van der Waals surface area contributed by atoms with Crippen LogP contribution in [0.2, 0.25) is 0 Å². The Kier molecular flexibility index (Phi) is 3.87. The molecule has 22 heavy (non-hydrogen) atoms. The first-order valence-electron chi connectivity index (χ1n) is 8.26. The van der Waals surface area contributed by atoms with E-state index in [2.05, 4.69) is 11.1 Å². The van der Waals surface area contributed by atoms with Crippen molar-refractivity contribution in [2.45, 2.75) is 38.5 Å². The van der Waals surface area contributed by atoms with Crippen molar-refractivity contribution in [2.75, 3.05) is 12.4 Å². The fourth-order valence-electron chi connectivity index (χ4n) is 3.64. The first-order chi connectivity index (χ1) is 10.8. The molecule has 0 saturated heterocycles. The molecule has 1 aromatic heterocycles. The van der Waals surface area contributed by atoms with E-state index in [-0.39, 0.29) is 5.12 Å². The molecule has 4 heteroatoms. The highest BCUT2D eigenvalue weighted by Crippen LogP contribution is 2.33. The van der Waals surface area contributed by atoms with Gasteiger partial charge in [0.15, 0.2) is 0 Å². The molecule has 2 heterocycles. The van der Waals surface area contributed by atoms with E-state index in [9.17, 15) is 4.79 Å². The number of ether oxygens (including phenoxy) is 1. The van der Waals surface area contributed by atoms with Gasteiger partial charge in [0.2, 0.25) is 5.12 Å². The molecule has 4 rings (SSSR count). The SMILES string of the molecule is O=C1SCCc2c1[nH]c1ccc(OCC3CCCCC3)cc21. The van der Waals surface area contributed by atoms with Crippen LogP contribution in [0.15, 0.2) is 18.2 Å². The Balaban J connectivity index is 1.56. The lowest BCUT2D eigenvalue weighted by molar-refractivity contribution is 0.108. The van der Waals surface area contributed by atoms with Crippen LogP contribution in [0.5, 0.6) is 5.75 Å². The van der Waals surface area contributed by atoms with Crippen molar-refractivity contribution in [3.8, 4) is 5.75 Å². The zero-order valence-corrected chi connectivity index (χ0v) is 13.5. The molecule has 116 valence electrons. The number of carbonyl (C=O) groups is 1. The molecule has 1 N–H and O–H groups in total. The van der Waals surface area contributed by atoms with Crippen LogP contribution in [0, 0.1) is 5.92 Å². The van der Waals surface area contributed by atoms with Crippen LogP contribution >= 0.6 is 11.8 Å². The van der Waals surface area contributed by atoms with Crippen LogP contribution in [-0.4, -0.2) is 22.5 Å². The smallest absolute Gasteiger partial charge is 0.235 e. The molecule has 1 aliphatic heterocycles. The molecule has 1 saturated carbocycles. The molecule has 3 nitrogen and oxygen atoms in total. The van der Waals surface area contributed by atoms with Crippen molar-refractivity contribution in [1.82, 2.24) is 4.98 Å². The summed E-state index contributed by atoms with van der Waals surface area (Å²) >= 11 is 1.41. The number of aromatic amines is 1. The van der Waals surface area contributed by atoms with Gasteiger partial charge in [-0.2, -0.15) is 0 Å². The Bertz CT molecular complexity index is 700. The van der Waals surface area contributed by atoms with Crippen molar-refractivity contribution in [2.24, 2.45) is 5.92 Å². The summed E-state index contributed by atoms with van der Waals surface area (Å²) in [5.41, 5.74) is 3.00. The number of hydrogen-bond donors (Lipinski definition) is 1. The average Bonchev–Trinajstić information content (AvgIpc) is 2.94. The third-order valence-corrected chi connectivity index (χ3v) is 5.75. The highest BCUT2D eigenvalue weighted by atomic mass is 32.2. The van der Waals surface area contributed by atoms with Crippen molar-refractivity contribution < 1.29 is 9.53 Å². The third-order valence-electron chi connectivity index (χ3n) is 4.88. The molecular weight excluding hydrogens is 294 g/mol. The summed E-state index contributed by atoms with van der Waals surface area (Å²) in [5.74, 6) is 2.53. The lowest BCUT2D eigenvalue weighted by Gasteiger charge is -2.21. The van der Waals surface area contributed by atoms with E-state index in [1.54, 1.807) is 0 Å². The van der Waals surface area contributed by atoms with Gasteiger partial charge in [-0.05, 0) is 48.9 Å². The maximum atomic E-state index is 12.0. The first-order valence-corrected chi connectivity index (χ1v) is 9.24. The van der Waals surface area contributed by atoms with Gasteiger partial charge in [0.05, 0.1) is 12.3 Å². The summed E-state index contributed by atoms with van der Waals surface area (Å²) in [6.45, 7) is 0.826. The van der Waals surface area contributed by atoms with Gasteiger partial charge in [-0.1, -0.05) is 31.0 Å². The summed E-state index contributed by atoms with van der Waals surface area (Å²) in [7, 11) is 0. The zero-order chi connectivity index (χ0) is 14.9. The molecule has 1 aromatic carbocycles. The second-order valence-corrected chi connectivity index (χ2v) is 7.45. The number of aryl methyl sites for hydroxylation is 1. The van der Waals surface area contributed by atoms with E-state index >= 15 is 0 Å². The standard InChI is InChI=1S/C18H21NO2S/c20-18-17-14(8-9-22-18)15-10-13(6-7-16(15)19-17)21-11-12-4-2-1-3-5-12/h6-7,10,12,19H,1-5,8-9,11H2. The van der Waals surface area contributed by atoms with E-state index in [4.69, 9.17) is 4.74 Å². The van der Waals surface area contributed by atoms with E-state index in [0.717, 1.165) is 41.1 Å². The third kappa shape index (κ3) is 2.65. The molecule has 1 fully saturated rings. The highest BCUT2D eigenvalue weighted by Gasteiger charge is 2.23. The topological polar surface area (TPSA) is 42.1 Å². The van der Waals surface area contributed by atoms with Gasteiger partial charge in [0.25, 0.3) is 0 Å². The number of aromatic nitrogens is 1. The summed E-state index contributed by atoms with van der Waals surface area (Å²) < 4.78 is 6.04. The van der Waals surface area contributed by atoms with Crippen molar-refractivity contribution in [3.63, 3.8) is 0 Å². The minimum atomic E-state index is 0.169. The Hall–Kier alpha value is -1.42. The molecular formula is C18H21NO2S. The minimum absolute atomic E-state index is 0.169. The van der Waals surface area contributed by atoms with Crippen LogP contribution in [0.1, 0.15) is 48.2 Å². The molecule has 0 radical (unpaired) electrons. The maximum Gasteiger partial charge on any atom is 0.235 e. The van der Waals surface area contributed by atoms with Crippen LogP contribution in [-0.2, 0) is 6.42 Å². The number of hydrogen-bond acceptors (Lipinski definition) is 3. The van der Waals surface area contributed by atoms with E-state index < -0.39 is 0 Å². The molecule has 0 bridgehead atoms. The minimum Gasteiger partial charge on any atom is -0.493 e. The van der Waals surface area contributed by atoms with Gasteiger partial charge in [0.1, 0.15) is 5.75 Å². The predicted molar refractivity (Wildman–Crippen MR) is 90.9 cm³/mol. The largest absolute Gasteiger partial charge is 0.493 e. The highest BCUT2D eigenvalue weighted by molar-refractivity contribution is 8.14. The van der Waals surface area contributed by atoms with Crippen LogP contribution in [0.25, 0.3) is 10.9 Å². The number of rotatable bonds is 3. The Labute approximate surface area is 134 Å². The molecule has 1 aliphatic carbocycles. The van der Waals surface area contributed by atoms with E-state index in [1.807, 2.05) is 12.1 Å². The molecule has 0 spiro atoms. The quantitative estimate of drug-likeness (QED) is 0.903. The first kappa shape index (κ1) is 14.2. The maximum absolute atomic E-state index is 12.0. The number of fused-ring (bicyclic) bond motifs is 3. The van der Waals surface area contributed by atoms with Crippen molar-refractivity contribution in [1.29, 1.82) is 0 Å². The van der Waals surface area contributed by atoms with Crippen molar-refractivity contribution >= 4 is 27.8 Å². The summed E-state index contributed by atoms with van der Waals surface area (Å²) in [4.78, 5) is 15.2. The second-order valence-electron chi connectivity index (χ2n) is 6.39. The van der Waals surface area contributed by atoms with Gasteiger partial charge in [0, 0.05) is 16.7 Å². The van der Waals surface area contributed by atoms with Gasteiger partial charge >= 0.3 is 0 Å². The number of thioether (sulfide) groups is 1. The summed E-state index contributed by atoms with van der Waals surface area (Å²) in [6.07, 6.45) is 7.62. The number of carbonyl (C=O) groups excluding carboxylic acids is 1. The van der Waals surface area contributed by atoms with Gasteiger partial charge in [-0.3, -0.25) is 4.79 Å². The van der Waals surface area contributed by atoms with Crippen LogP contribution < -0.4 is 4.74 Å². The Morgan fingerprint density at radius 2 is 2.09 bits per heavy atom. The summed E-state index contributed by atoms with van der Waals surface area (Å²) in [5, 5.41) is 1.33. The monoisotopic (exact) mass is 315 g/mol. The fraction of sp³-hybridized carbons (Fsp3) is 0.500. The number of H-pyrrole nitrogens is 1. The lowest BCUT2D eigenvalue weighted by Crippen LogP contribution is -2.15. The van der Waals surface area contributed by atoms with Gasteiger partial charge < -0.3 is 9.72 Å². The van der Waals surface area contributed by atoms with E-state index in [0.29, 0.717) is 5.92 Å². The van der Waals surface area contributed by atoms with Crippen LogP contribution in [0.4, 0.5) is 0 Å². The second kappa shape index (κ2) is 5.99. The van der Waals surface area contributed by atoms with Crippen LogP contribution in [0.3, 0.4) is 0 Å². The number of nitrogens with one attached hydrogen (secondary N) is 1. The summed E-state index contributed by atoms with van der Waals surface area (Å²) in [6, 6.07) is 6.17. The number of benzene rings is 1. The molecule has 2 aliphatic rings. The predicted octanol–water partition coefficient (Wildman–Crippen LogP) is 4.56. The van der Waals surface area contributed by atoms with Gasteiger partial charge in [-0.15, -0.1) is 0 Å². The Morgan fingerprint density at radius 3 is 2.95 bits per heavy atom.